The molecule has 0 bridgehead atoms. The standard InChI is InChI=1S/C19H16F3NO4/c1-12-18(25)23(14-7-3-5-9-16(14)26-12)11-10-17(24)27-15-8-4-2-6-13(15)19(20,21)22/h2-9,12H,10-11H2,1H3. The Morgan fingerprint density at radius 3 is 2.56 bits per heavy atom. The average Bonchev–Trinajstić information content (AvgIpc) is 2.61. The van der Waals surface area contributed by atoms with E-state index in [1.165, 1.54) is 17.0 Å². The number of esters is 1. The highest BCUT2D eigenvalue weighted by Crippen LogP contribution is 2.36. The Kier molecular flexibility index (Phi) is 5.07. The number of hydrogen-bond donors (Lipinski definition) is 0. The monoisotopic (exact) mass is 379 g/mol. The molecule has 0 N–H and O–H groups in total. The van der Waals surface area contributed by atoms with Crippen molar-refractivity contribution >= 4 is 17.6 Å². The summed E-state index contributed by atoms with van der Waals surface area (Å²) in [5.41, 5.74) is -0.524. The van der Waals surface area contributed by atoms with Crippen LogP contribution in [0.15, 0.2) is 48.5 Å². The van der Waals surface area contributed by atoms with Crippen LogP contribution in [0.1, 0.15) is 18.9 Å². The second-order valence-corrected chi connectivity index (χ2v) is 5.94. The number of para-hydroxylation sites is 3. The van der Waals surface area contributed by atoms with E-state index in [0.717, 1.165) is 12.1 Å². The number of ether oxygens (including phenoxy) is 2. The third-order valence-electron chi connectivity index (χ3n) is 4.03. The van der Waals surface area contributed by atoms with Gasteiger partial charge in [-0.3, -0.25) is 9.59 Å². The SMILES string of the molecule is CC1Oc2ccccc2N(CCC(=O)Oc2ccccc2C(F)(F)F)C1=O. The van der Waals surface area contributed by atoms with Gasteiger partial charge in [0.15, 0.2) is 6.10 Å². The van der Waals surface area contributed by atoms with Crippen molar-refractivity contribution in [2.75, 3.05) is 11.4 Å². The molecule has 1 unspecified atom stereocenters. The van der Waals surface area contributed by atoms with Gasteiger partial charge < -0.3 is 14.4 Å². The van der Waals surface area contributed by atoms with Crippen LogP contribution in [-0.2, 0) is 15.8 Å². The van der Waals surface area contributed by atoms with E-state index in [4.69, 9.17) is 9.47 Å². The molecule has 0 saturated heterocycles. The van der Waals surface area contributed by atoms with Crippen molar-refractivity contribution < 1.29 is 32.2 Å². The summed E-state index contributed by atoms with van der Waals surface area (Å²) < 4.78 is 49.3. The predicted molar refractivity (Wildman–Crippen MR) is 90.6 cm³/mol. The summed E-state index contributed by atoms with van der Waals surface area (Å²) >= 11 is 0. The van der Waals surface area contributed by atoms with Gasteiger partial charge in [-0.1, -0.05) is 24.3 Å². The van der Waals surface area contributed by atoms with Crippen LogP contribution in [0.3, 0.4) is 0 Å². The molecule has 0 aromatic heterocycles. The smallest absolute Gasteiger partial charge is 0.419 e. The normalized spacial score (nSPS) is 16.5. The molecule has 8 heteroatoms. The molecule has 1 atom stereocenters. The lowest BCUT2D eigenvalue weighted by molar-refractivity contribution is -0.142. The summed E-state index contributed by atoms with van der Waals surface area (Å²) in [7, 11) is 0. The van der Waals surface area contributed by atoms with E-state index in [1.807, 2.05) is 0 Å². The fourth-order valence-electron chi connectivity index (χ4n) is 2.76. The zero-order valence-electron chi connectivity index (χ0n) is 14.3. The van der Waals surface area contributed by atoms with Gasteiger partial charge in [0.1, 0.15) is 11.5 Å². The number of benzene rings is 2. The van der Waals surface area contributed by atoms with Crippen LogP contribution in [0.5, 0.6) is 11.5 Å². The van der Waals surface area contributed by atoms with Crippen molar-refractivity contribution in [1.29, 1.82) is 0 Å². The molecular weight excluding hydrogens is 363 g/mol. The number of halogens is 3. The van der Waals surface area contributed by atoms with Crippen molar-refractivity contribution in [3.8, 4) is 11.5 Å². The van der Waals surface area contributed by atoms with Crippen LogP contribution in [-0.4, -0.2) is 24.5 Å². The molecule has 1 amide bonds. The van der Waals surface area contributed by atoms with Gasteiger partial charge in [0.05, 0.1) is 17.7 Å². The van der Waals surface area contributed by atoms with Gasteiger partial charge in [0.25, 0.3) is 5.91 Å². The van der Waals surface area contributed by atoms with E-state index in [2.05, 4.69) is 0 Å². The van der Waals surface area contributed by atoms with Gasteiger partial charge in [-0.2, -0.15) is 13.2 Å². The van der Waals surface area contributed by atoms with Crippen LogP contribution < -0.4 is 14.4 Å². The zero-order chi connectivity index (χ0) is 19.6. The lowest BCUT2D eigenvalue weighted by Gasteiger charge is -2.32. The summed E-state index contributed by atoms with van der Waals surface area (Å²) in [5.74, 6) is -1.26. The van der Waals surface area contributed by atoms with E-state index in [-0.39, 0.29) is 18.9 Å². The Morgan fingerprint density at radius 1 is 1.15 bits per heavy atom. The van der Waals surface area contributed by atoms with E-state index < -0.39 is 29.6 Å². The molecule has 1 aliphatic heterocycles. The van der Waals surface area contributed by atoms with Crippen LogP contribution in [0.25, 0.3) is 0 Å². The first-order valence-corrected chi connectivity index (χ1v) is 8.21. The number of carbonyl (C=O) groups excluding carboxylic acids is 2. The van der Waals surface area contributed by atoms with Crippen LogP contribution >= 0.6 is 0 Å². The minimum absolute atomic E-state index is 0.0312. The zero-order valence-corrected chi connectivity index (χ0v) is 14.3. The highest BCUT2D eigenvalue weighted by Gasteiger charge is 2.35. The molecule has 0 radical (unpaired) electrons. The molecule has 1 aliphatic rings. The molecular formula is C19H16F3NO4. The Labute approximate surface area is 153 Å². The van der Waals surface area contributed by atoms with Gasteiger partial charge in [0.2, 0.25) is 0 Å². The molecule has 2 aromatic rings. The van der Waals surface area contributed by atoms with Crippen molar-refractivity contribution in [3.05, 3.63) is 54.1 Å². The number of hydrogen-bond acceptors (Lipinski definition) is 4. The van der Waals surface area contributed by atoms with Gasteiger partial charge in [-0.15, -0.1) is 0 Å². The number of rotatable bonds is 4. The molecule has 0 aliphatic carbocycles. The average molecular weight is 379 g/mol. The first-order valence-electron chi connectivity index (χ1n) is 8.21. The molecule has 0 saturated carbocycles. The predicted octanol–water partition coefficient (Wildman–Crippen LogP) is 3.82. The summed E-state index contributed by atoms with van der Waals surface area (Å²) in [6.07, 6.45) is -5.62. The Hall–Kier alpha value is -3.03. The molecule has 2 aromatic carbocycles. The van der Waals surface area contributed by atoms with Crippen LogP contribution in [0.4, 0.5) is 18.9 Å². The van der Waals surface area contributed by atoms with Gasteiger partial charge in [-0.05, 0) is 31.2 Å². The van der Waals surface area contributed by atoms with E-state index >= 15 is 0 Å². The minimum Gasteiger partial charge on any atom is -0.479 e. The largest absolute Gasteiger partial charge is 0.479 e. The van der Waals surface area contributed by atoms with E-state index in [1.54, 1.807) is 31.2 Å². The Bertz CT molecular complexity index is 866. The first-order chi connectivity index (χ1) is 12.8. The lowest BCUT2D eigenvalue weighted by atomic mass is 10.1. The van der Waals surface area contributed by atoms with Crippen LogP contribution in [0.2, 0.25) is 0 Å². The summed E-state index contributed by atoms with van der Waals surface area (Å²) in [5, 5.41) is 0. The molecule has 0 spiro atoms. The molecule has 142 valence electrons. The maximum atomic E-state index is 13.0. The highest BCUT2D eigenvalue weighted by molar-refractivity contribution is 6.00. The number of carbonyl (C=O) groups is 2. The second-order valence-electron chi connectivity index (χ2n) is 5.94. The Balaban J connectivity index is 1.71. The molecule has 3 rings (SSSR count). The molecule has 27 heavy (non-hydrogen) atoms. The topological polar surface area (TPSA) is 55.8 Å². The number of alkyl halides is 3. The van der Waals surface area contributed by atoms with Gasteiger partial charge in [0, 0.05) is 6.54 Å². The third-order valence-corrected chi connectivity index (χ3v) is 4.03. The molecule has 0 fully saturated rings. The third kappa shape index (κ3) is 4.05. The fourth-order valence-corrected chi connectivity index (χ4v) is 2.76. The van der Waals surface area contributed by atoms with E-state index in [0.29, 0.717) is 11.4 Å². The number of fused-ring (bicyclic) bond motifs is 1. The maximum Gasteiger partial charge on any atom is 0.419 e. The molecule has 5 nitrogen and oxygen atoms in total. The van der Waals surface area contributed by atoms with Crippen molar-refractivity contribution in [3.63, 3.8) is 0 Å². The maximum absolute atomic E-state index is 13.0. The van der Waals surface area contributed by atoms with Gasteiger partial charge >= 0.3 is 12.1 Å². The first kappa shape index (κ1) is 18.8. The molecule has 1 heterocycles. The number of amides is 1. The summed E-state index contributed by atoms with van der Waals surface area (Å²) in [6, 6.07) is 11.3. The Morgan fingerprint density at radius 2 is 1.81 bits per heavy atom. The quantitative estimate of drug-likeness (QED) is 0.599. The van der Waals surface area contributed by atoms with Crippen LogP contribution in [0, 0.1) is 0 Å². The van der Waals surface area contributed by atoms with Crippen molar-refractivity contribution in [2.24, 2.45) is 0 Å². The summed E-state index contributed by atoms with van der Waals surface area (Å²) in [4.78, 5) is 25.8. The number of anilines is 1. The highest BCUT2D eigenvalue weighted by atomic mass is 19.4. The lowest BCUT2D eigenvalue weighted by Crippen LogP contribution is -2.45. The van der Waals surface area contributed by atoms with Gasteiger partial charge in [-0.25, -0.2) is 0 Å². The fraction of sp³-hybridized carbons (Fsp3) is 0.263. The second kappa shape index (κ2) is 7.30. The van der Waals surface area contributed by atoms with Crippen molar-refractivity contribution in [1.82, 2.24) is 0 Å². The number of nitrogens with zero attached hydrogens (tertiary/aromatic N) is 1. The van der Waals surface area contributed by atoms with Crippen molar-refractivity contribution in [2.45, 2.75) is 25.6 Å². The minimum atomic E-state index is -4.63. The van der Waals surface area contributed by atoms with E-state index in [9.17, 15) is 22.8 Å². The summed E-state index contributed by atoms with van der Waals surface area (Å²) in [6.45, 7) is 1.56.